The molecule has 0 atom stereocenters. The minimum absolute atomic E-state index is 0.167. The van der Waals surface area contributed by atoms with Crippen LogP contribution in [0.4, 0.5) is 5.69 Å². The van der Waals surface area contributed by atoms with E-state index in [0.717, 1.165) is 43.9 Å². The van der Waals surface area contributed by atoms with Gasteiger partial charge in [0.1, 0.15) is 5.69 Å². The smallest absolute Gasteiger partial charge is 0.270 e. The van der Waals surface area contributed by atoms with E-state index in [1.165, 1.54) is 5.57 Å². The quantitative estimate of drug-likeness (QED) is 0.762. The van der Waals surface area contributed by atoms with Gasteiger partial charge in [0, 0.05) is 25.0 Å². The van der Waals surface area contributed by atoms with Crippen LogP contribution >= 0.6 is 0 Å². The van der Waals surface area contributed by atoms with E-state index < -0.39 is 0 Å². The fourth-order valence-corrected chi connectivity index (χ4v) is 2.69. The first-order valence-electron chi connectivity index (χ1n) is 8.59. The van der Waals surface area contributed by atoms with Crippen LogP contribution in [0.3, 0.4) is 0 Å². The zero-order valence-electron chi connectivity index (χ0n) is 14.2. The fourth-order valence-electron chi connectivity index (χ4n) is 2.69. The number of rotatable bonds is 7. The van der Waals surface area contributed by atoms with Crippen LogP contribution in [0, 0.1) is 0 Å². The van der Waals surface area contributed by atoms with Crippen LogP contribution < -0.4 is 10.6 Å². The van der Waals surface area contributed by atoms with Crippen LogP contribution in [0.15, 0.2) is 60.3 Å². The normalized spacial score (nSPS) is 13.8. The number of nitrogens with zero attached hydrogens (tertiary/aromatic N) is 1. The summed E-state index contributed by atoms with van der Waals surface area (Å²) in [5.41, 5.74) is 3.82. The molecular weight excluding hydrogens is 314 g/mol. The number of hydrogen-bond acceptors (Lipinski definition) is 4. The molecule has 130 valence electrons. The van der Waals surface area contributed by atoms with E-state index in [0.29, 0.717) is 12.2 Å². The average Bonchev–Trinajstić information content (AvgIpc) is 2.68. The number of carbonyl (C=O) groups excluding carboxylic acids is 1. The molecule has 1 aliphatic rings. The molecule has 5 heteroatoms. The molecule has 1 aliphatic heterocycles. The molecule has 25 heavy (non-hydrogen) atoms. The summed E-state index contributed by atoms with van der Waals surface area (Å²) < 4.78 is 5.31. The van der Waals surface area contributed by atoms with E-state index in [1.54, 1.807) is 12.3 Å². The third kappa shape index (κ3) is 5.43. The van der Waals surface area contributed by atoms with E-state index in [-0.39, 0.29) is 5.91 Å². The number of nitrogens with one attached hydrogen (secondary N) is 2. The molecule has 0 unspecified atom stereocenters. The summed E-state index contributed by atoms with van der Waals surface area (Å²) in [4.78, 5) is 16.4. The van der Waals surface area contributed by atoms with Crippen LogP contribution in [0.1, 0.15) is 28.9 Å². The van der Waals surface area contributed by atoms with Crippen molar-refractivity contribution in [1.82, 2.24) is 10.3 Å². The topological polar surface area (TPSA) is 63.2 Å². The molecule has 1 aromatic heterocycles. The zero-order valence-corrected chi connectivity index (χ0v) is 14.2. The van der Waals surface area contributed by atoms with Crippen LogP contribution in [0.5, 0.6) is 0 Å². The summed E-state index contributed by atoms with van der Waals surface area (Å²) >= 11 is 0. The molecule has 2 aromatic rings. The average molecular weight is 337 g/mol. The fraction of sp³-hybridized carbons (Fsp3) is 0.300. The van der Waals surface area contributed by atoms with Gasteiger partial charge in [-0.3, -0.25) is 9.78 Å². The Hall–Kier alpha value is -2.66. The number of carbonyl (C=O) groups is 1. The number of aromatic nitrogens is 1. The molecule has 0 fully saturated rings. The van der Waals surface area contributed by atoms with Crippen LogP contribution in [0.25, 0.3) is 0 Å². The highest BCUT2D eigenvalue weighted by molar-refractivity contribution is 5.93. The summed E-state index contributed by atoms with van der Waals surface area (Å²) in [7, 11) is 0. The summed E-state index contributed by atoms with van der Waals surface area (Å²) in [6, 6.07) is 13.5. The summed E-state index contributed by atoms with van der Waals surface area (Å²) in [5.74, 6) is -0.167. The highest BCUT2D eigenvalue weighted by Gasteiger charge is 2.08. The second kappa shape index (κ2) is 8.99. The third-order valence-corrected chi connectivity index (χ3v) is 4.12. The van der Waals surface area contributed by atoms with Crippen molar-refractivity contribution in [2.75, 3.05) is 25.1 Å². The first-order valence-corrected chi connectivity index (χ1v) is 8.59. The first kappa shape index (κ1) is 17.2. The molecule has 1 aromatic carbocycles. The maximum Gasteiger partial charge on any atom is 0.270 e. The lowest BCUT2D eigenvalue weighted by molar-refractivity contribution is 0.0946. The highest BCUT2D eigenvalue weighted by Crippen LogP contribution is 2.13. The Bertz CT molecular complexity index is 729. The standard InChI is InChI=1S/C20H23N3O2/c24-20(23-15-17-4-2-1-3-5-17)19-14-18(7-11-22-19)21-10-6-16-8-12-25-13-9-16/h1-5,7-8,11,14H,6,9-10,12-13,15H2,(H,21,22)(H,23,24). The maximum absolute atomic E-state index is 12.3. The molecule has 0 bridgehead atoms. The number of pyridine rings is 1. The van der Waals surface area contributed by atoms with Crippen LogP contribution in [-0.4, -0.2) is 30.6 Å². The van der Waals surface area contributed by atoms with Crippen LogP contribution in [0.2, 0.25) is 0 Å². The molecule has 5 nitrogen and oxygen atoms in total. The minimum atomic E-state index is -0.167. The zero-order chi connectivity index (χ0) is 17.3. The molecule has 2 N–H and O–H groups in total. The van der Waals surface area contributed by atoms with Gasteiger partial charge in [0.2, 0.25) is 0 Å². The van der Waals surface area contributed by atoms with E-state index in [2.05, 4.69) is 21.7 Å². The van der Waals surface area contributed by atoms with Crippen molar-refractivity contribution in [2.45, 2.75) is 19.4 Å². The van der Waals surface area contributed by atoms with Gasteiger partial charge < -0.3 is 15.4 Å². The van der Waals surface area contributed by atoms with Gasteiger partial charge in [0.15, 0.2) is 0 Å². The molecule has 0 spiro atoms. The van der Waals surface area contributed by atoms with E-state index in [1.807, 2.05) is 36.4 Å². The molecule has 2 heterocycles. The summed E-state index contributed by atoms with van der Waals surface area (Å²) in [5, 5.41) is 6.26. The van der Waals surface area contributed by atoms with Gasteiger partial charge in [-0.25, -0.2) is 0 Å². The number of benzene rings is 1. The van der Waals surface area contributed by atoms with Gasteiger partial charge in [-0.1, -0.05) is 42.0 Å². The Labute approximate surface area is 148 Å². The van der Waals surface area contributed by atoms with Crippen molar-refractivity contribution in [3.8, 4) is 0 Å². The number of anilines is 1. The van der Waals surface area contributed by atoms with Crippen molar-refractivity contribution in [3.05, 3.63) is 71.6 Å². The Balaban J connectivity index is 1.50. The largest absolute Gasteiger partial charge is 0.385 e. The van der Waals surface area contributed by atoms with Crippen molar-refractivity contribution >= 4 is 11.6 Å². The van der Waals surface area contributed by atoms with E-state index in [9.17, 15) is 4.79 Å². The lowest BCUT2D eigenvalue weighted by Crippen LogP contribution is -2.23. The van der Waals surface area contributed by atoms with Gasteiger partial charge in [-0.15, -0.1) is 0 Å². The van der Waals surface area contributed by atoms with Crippen molar-refractivity contribution < 1.29 is 9.53 Å². The van der Waals surface area contributed by atoms with E-state index >= 15 is 0 Å². The maximum atomic E-state index is 12.3. The lowest BCUT2D eigenvalue weighted by atomic mass is 10.1. The van der Waals surface area contributed by atoms with Crippen LogP contribution in [-0.2, 0) is 11.3 Å². The Kier molecular flexibility index (Phi) is 6.17. The summed E-state index contributed by atoms with van der Waals surface area (Å²) in [6.07, 6.45) is 5.81. The summed E-state index contributed by atoms with van der Waals surface area (Å²) in [6.45, 7) is 2.86. The third-order valence-electron chi connectivity index (χ3n) is 4.12. The Morgan fingerprint density at radius 1 is 1.20 bits per heavy atom. The molecule has 0 saturated heterocycles. The van der Waals surface area contributed by atoms with Gasteiger partial charge in [0.05, 0.1) is 13.2 Å². The predicted octanol–water partition coefficient (Wildman–Crippen LogP) is 3.16. The first-order chi connectivity index (χ1) is 12.3. The molecular formula is C20H23N3O2. The SMILES string of the molecule is O=C(NCc1ccccc1)c1cc(NCCC2=CCOCC2)ccn1. The number of ether oxygens (including phenoxy) is 1. The molecule has 0 radical (unpaired) electrons. The molecule has 0 saturated carbocycles. The van der Waals surface area contributed by atoms with Gasteiger partial charge in [0.25, 0.3) is 5.91 Å². The van der Waals surface area contributed by atoms with Gasteiger partial charge in [-0.05, 0) is 30.5 Å². The predicted molar refractivity (Wildman–Crippen MR) is 98.5 cm³/mol. The second-order valence-electron chi connectivity index (χ2n) is 5.96. The van der Waals surface area contributed by atoms with Crippen molar-refractivity contribution in [3.63, 3.8) is 0 Å². The monoisotopic (exact) mass is 337 g/mol. The molecule has 0 aliphatic carbocycles. The van der Waals surface area contributed by atoms with Crippen molar-refractivity contribution in [1.29, 1.82) is 0 Å². The minimum Gasteiger partial charge on any atom is -0.385 e. The van der Waals surface area contributed by atoms with Crippen molar-refractivity contribution in [2.24, 2.45) is 0 Å². The Morgan fingerprint density at radius 3 is 2.88 bits per heavy atom. The highest BCUT2D eigenvalue weighted by atomic mass is 16.5. The Morgan fingerprint density at radius 2 is 2.08 bits per heavy atom. The lowest BCUT2D eigenvalue weighted by Gasteiger charge is -2.14. The molecule has 1 amide bonds. The van der Waals surface area contributed by atoms with E-state index in [4.69, 9.17) is 4.74 Å². The second-order valence-corrected chi connectivity index (χ2v) is 5.96. The van der Waals surface area contributed by atoms with Gasteiger partial charge in [-0.2, -0.15) is 0 Å². The number of amides is 1. The van der Waals surface area contributed by atoms with Gasteiger partial charge >= 0.3 is 0 Å². The number of hydrogen-bond donors (Lipinski definition) is 2. The molecule has 3 rings (SSSR count).